The van der Waals surface area contributed by atoms with Crippen LogP contribution in [0.3, 0.4) is 0 Å². The number of para-hydroxylation sites is 1. The molecule has 0 atom stereocenters. The summed E-state index contributed by atoms with van der Waals surface area (Å²) in [6.07, 6.45) is 3.73. The lowest BCUT2D eigenvalue weighted by Crippen LogP contribution is -2.40. The molecule has 18 nitrogen and oxygen atoms in total. The number of aromatic hydroxyl groups is 2. The van der Waals surface area contributed by atoms with Crippen molar-refractivity contribution in [3.8, 4) is 34.3 Å². The fourth-order valence-corrected chi connectivity index (χ4v) is 8.48. The summed E-state index contributed by atoms with van der Waals surface area (Å²) in [6.45, 7) is 3.79. The highest BCUT2D eigenvalue weighted by Crippen LogP contribution is 2.41. The number of nitrogens with zero attached hydrogens (tertiary/aromatic N) is 7. The van der Waals surface area contributed by atoms with Crippen molar-refractivity contribution in [2.24, 2.45) is 5.92 Å². The minimum absolute atomic E-state index is 0.0208. The first-order valence-corrected chi connectivity index (χ1v) is 21.3. The number of phenols is 2. The Bertz CT molecular complexity index is 2820. The Morgan fingerprint density at radius 3 is 2.39 bits per heavy atom. The van der Waals surface area contributed by atoms with Gasteiger partial charge in [0.1, 0.15) is 22.9 Å². The van der Waals surface area contributed by atoms with Gasteiger partial charge in [-0.25, -0.2) is 32.2 Å². The highest BCUT2D eigenvalue weighted by Gasteiger charge is 2.35. The number of hydrogen-bond acceptors (Lipinski definition) is 13. The average molecular weight is 847 g/mol. The lowest BCUT2D eigenvalue weighted by Gasteiger charge is -2.33. The molecule has 1 saturated heterocycles. The summed E-state index contributed by atoms with van der Waals surface area (Å²) < 4.78 is 34.7. The fourth-order valence-electron chi connectivity index (χ4n) is 7.51. The van der Waals surface area contributed by atoms with E-state index < -0.39 is 21.6 Å². The van der Waals surface area contributed by atoms with Crippen LogP contribution in [-0.4, -0.2) is 88.2 Å². The molecule has 1 fully saturated rings. The van der Waals surface area contributed by atoms with Crippen molar-refractivity contribution < 1.29 is 33.0 Å². The van der Waals surface area contributed by atoms with Gasteiger partial charge in [-0.2, -0.15) is 10.1 Å². The molecule has 314 valence electrons. The van der Waals surface area contributed by atoms with Crippen LogP contribution >= 0.6 is 0 Å². The molecule has 0 radical (unpaired) electrons. The standard InChI is InChI=1S/C42H42N10O8S/c1-4-60-36-21-28(13-16-32(36)45-41-44-24-34-38(46-41)52(61(3,58)59)33-8-6-5-7-30(33)40(56)49(34)2)50-19-17-26(18-20-50)39(55)43-23-25-9-11-27(12-10-25)51-37(47-48-42(51)57)31-15-14-29(53)22-35(31)54/h5-16,21-22,24,26,53-54H,4,17-20,23H2,1-3H3,(H,43,55)(H,48,57)(H,44,45,46). The van der Waals surface area contributed by atoms with Gasteiger partial charge in [-0.1, -0.05) is 24.3 Å². The summed E-state index contributed by atoms with van der Waals surface area (Å²) in [7, 11) is -2.39. The zero-order valence-corrected chi connectivity index (χ0v) is 34.2. The lowest BCUT2D eigenvalue weighted by molar-refractivity contribution is -0.125. The van der Waals surface area contributed by atoms with E-state index in [1.807, 2.05) is 25.1 Å². The van der Waals surface area contributed by atoms with E-state index in [0.717, 1.165) is 21.8 Å². The molecule has 0 saturated carbocycles. The number of aromatic amines is 1. The zero-order chi connectivity index (χ0) is 43.0. The number of anilines is 6. The molecule has 4 aromatic carbocycles. The summed E-state index contributed by atoms with van der Waals surface area (Å²) in [5, 5.41) is 32.7. The van der Waals surface area contributed by atoms with E-state index in [-0.39, 0.29) is 63.4 Å². The van der Waals surface area contributed by atoms with Crippen molar-refractivity contribution in [3.05, 3.63) is 113 Å². The first-order chi connectivity index (χ1) is 29.3. The third-order valence-electron chi connectivity index (χ3n) is 10.6. The Morgan fingerprint density at radius 1 is 0.934 bits per heavy atom. The topological polar surface area (TPSA) is 228 Å². The van der Waals surface area contributed by atoms with Crippen LogP contribution in [0.15, 0.2) is 95.9 Å². The Hall–Kier alpha value is -7.41. The largest absolute Gasteiger partial charge is 0.508 e. The molecular weight excluding hydrogens is 805 g/mol. The van der Waals surface area contributed by atoms with E-state index in [1.54, 1.807) is 55.6 Å². The predicted molar refractivity (Wildman–Crippen MR) is 229 cm³/mol. The summed E-state index contributed by atoms with van der Waals surface area (Å²) in [6, 6.07) is 23.2. The first kappa shape index (κ1) is 40.4. The quantitative estimate of drug-likeness (QED) is 0.118. The van der Waals surface area contributed by atoms with Gasteiger partial charge in [0.15, 0.2) is 11.6 Å². The molecule has 2 aliphatic rings. The van der Waals surface area contributed by atoms with E-state index in [2.05, 4.69) is 35.7 Å². The summed E-state index contributed by atoms with van der Waals surface area (Å²) in [5.41, 5.74) is 3.16. The van der Waals surface area contributed by atoms with Gasteiger partial charge in [0.25, 0.3) is 5.91 Å². The molecule has 8 rings (SSSR count). The van der Waals surface area contributed by atoms with Crippen LogP contribution in [0.5, 0.6) is 17.2 Å². The number of phenolic OH excluding ortho intramolecular Hbond substituents is 2. The van der Waals surface area contributed by atoms with E-state index in [4.69, 9.17) is 4.74 Å². The summed E-state index contributed by atoms with van der Waals surface area (Å²) in [4.78, 5) is 51.8. The van der Waals surface area contributed by atoms with E-state index in [1.165, 1.54) is 33.9 Å². The van der Waals surface area contributed by atoms with Gasteiger partial charge in [0, 0.05) is 50.4 Å². The van der Waals surface area contributed by atoms with Crippen LogP contribution in [0, 0.1) is 5.92 Å². The Labute approximate surface area is 350 Å². The highest BCUT2D eigenvalue weighted by molar-refractivity contribution is 7.92. The van der Waals surface area contributed by atoms with Crippen molar-refractivity contribution in [2.45, 2.75) is 26.3 Å². The molecule has 0 bridgehead atoms. The van der Waals surface area contributed by atoms with Crippen LogP contribution in [0.25, 0.3) is 17.1 Å². The van der Waals surface area contributed by atoms with Crippen LogP contribution in [-0.2, 0) is 21.4 Å². The average Bonchev–Trinajstić information content (AvgIpc) is 3.59. The number of hydrogen-bond donors (Lipinski definition) is 5. The number of carbonyl (C=O) groups is 2. The smallest absolute Gasteiger partial charge is 0.348 e. The molecule has 61 heavy (non-hydrogen) atoms. The van der Waals surface area contributed by atoms with Gasteiger partial charge in [0.2, 0.25) is 21.9 Å². The van der Waals surface area contributed by atoms with Crippen molar-refractivity contribution in [3.63, 3.8) is 0 Å². The number of benzene rings is 4. The third kappa shape index (κ3) is 8.01. The van der Waals surface area contributed by atoms with Gasteiger partial charge in [0.05, 0.1) is 47.2 Å². The second kappa shape index (κ2) is 16.3. The fraction of sp³-hybridized carbons (Fsp3) is 0.238. The number of ether oxygens (including phenoxy) is 1. The number of aromatic nitrogens is 5. The Kier molecular flexibility index (Phi) is 10.8. The number of piperidine rings is 1. The molecule has 4 heterocycles. The van der Waals surface area contributed by atoms with Crippen molar-refractivity contribution in [1.29, 1.82) is 0 Å². The number of H-pyrrole nitrogens is 1. The van der Waals surface area contributed by atoms with Gasteiger partial charge < -0.3 is 35.4 Å². The van der Waals surface area contributed by atoms with Gasteiger partial charge in [-0.15, -0.1) is 0 Å². The van der Waals surface area contributed by atoms with Crippen LogP contribution in [0.2, 0.25) is 0 Å². The maximum atomic E-state index is 13.3. The molecule has 6 aromatic rings. The monoisotopic (exact) mass is 846 g/mol. The van der Waals surface area contributed by atoms with E-state index >= 15 is 0 Å². The second-order valence-corrected chi connectivity index (χ2v) is 16.4. The molecule has 19 heteroatoms. The molecule has 2 aliphatic heterocycles. The van der Waals surface area contributed by atoms with E-state index in [0.29, 0.717) is 56.2 Å². The van der Waals surface area contributed by atoms with Crippen molar-refractivity contribution in [1.82, 2.24) is 30.0 Å². The van der Waals surface area contributed by atoms with Crippen molar-refractivity contribution in [2.75, 3.05) is 52.4 Å². The predicted octanol–water partition coefficient (Wildman–Crippen LogP) is 4.79. The van der Waals surface area contributed by atoms with Gasteiger partial charge in [-0.05, 0) is 73.9 Å². The zero-order valence-electron chi connectivity index (χ0n) is 33.4. The number of amides is 2. The molecule has 0 spiro atoms. The second-order valence-electron chi connectivity index (χ2n) is 14.6. The van der Waals surface area contributed by atoms with Crippen LogP contribution in [0.4, 0.5) is 34.5 Å². The molecule has 0 aliphatic carbocycles. The van der Waals surface area contributed by atoms with Gasteiger partial charge >= 0.3 is 5.69 Å². The maximum absolute atomic E-state index is 13.3. The van der Waals surface area contributed by atoms with Crippen LogP contribution < -0.4 is 35.2 Å². The van der Waals surface area contributed by atoms with Crippen molar-refractivity contribution >= 4 is 56.4 Å². The minimum atomic E-state index is -3.94. The minimum Gasteiger partial charge on any atom is -0.508 e. The molecule has 0 unspecified atom stereocenters. The first-order valence-electron chi connectivity index (χ1n) is 19.4. The van der Waals surface area contributed by atoms with Gasteiger partial charge in [-0.3, -0.25) is 9.59 Å². The summed E-state index contributed by atoms with van der Waals surface area (Å²) >= 11 is 0. The normalized spacial score (nSPS) is 14.3. The molecule has 5 N–H and O–H groups in total. The molecular formula is C42H42N10O8S. The number of sulfonamides is 1. The maximum Gasteiger partial charge on any atom is 0.348 e. The SMILES string of the molecule is CCOc1cc(N2CCC(C(=O)NCc3ccc(-n4c(-c5ccc(O)cc5O)n[nH]c4=O)cc3)CC2)ccc1Nc1ncc2c(n1)N(S(C)(=O)=O)c1ccccc1C(=O)N2C. The highest BCUT2D eigenvalue weighted by atomic mass is 32.2. The number of carbonyl (C=O) groups excluding carboxylic acids is 2. The van der Waals surface area contributed by atoms with Crippen LogP contribution in [0.1, 0.15) is 35.7 Å². The number of rotatable bonds is 11. The van der Waals surface area contributed by atoms with E-state index in [9.17, 15) is 33.0 Å². The molecule has 2 amide bonds. The molecule has 2 aromatic heterocycles. The Morgan fingerprint density at radius 2 is 1.67 bits per heavy atom. The Balaban J connectivity index is 0.912. The lowest BCUT2D eigenvalue weighted by atomic mass is 9.95. The number of nitrogens with one attached hydrogen (secondary N) is 3. The number of fused-ring (bicyclic) bond motifs is 2. The summed E-state index contributed by atoms with van der Waals surface area (Å²) in [5.74, 6) is -0.169. The third-order valence-corrected chi connectivity index (χ3v) is 11.6.